The molecule has 0 aliphatic heterocycles. The molecule has 0 saturated carbocycles. The summed E-state index contributed by atoms with van der Waals surface area (Å²) in [5.41, 5.74) is 0.493. The van der Waals surface area contributed by atoms with E-state index in [0.29, 0.717) is 17.4 Å². The third-order valence-electron chi connectivity index (χ3n) is 7.18. The molecule has 4 aromatic carbocycles. The predicted molar refractivity (Wildman–Crippen MR) is 182 cm³/mol. The maximum Gasteiger partial charge on any atom is 0.264 e. The Hall–Kier alpha value is -4.41. The van der Waals surface area contributed by atoms with E-state index in [2.05, 4.69) is 5.32 Å². The molecule has 47 heavy (non-hydrogen) atoms. The van der Waals surface area contributed by atoms with Crippen molar-refractivity contribution in [2.75, 3.05) is 17.5 Å². The molecule has 0 aromatic heterocycles. The molecule has 0 spiro atoms. The molecule has 248 valence electrons. The number of halogens is 2. The first-order valence-corrected chi connectivity index (χ1v) is 17.0. The van der Waals surface area contributed by atoms with E-state index < -0.39 is 45.8 Å². The molecule has 0 saturated heterocycles. The van der Waals surface area contributed by atoms with E-state index in [1.807, 2.05) is 58.0 Å². The van der Waals surface area contributed by atoms with Crippen LogP contribution in [-0.2, 0) is 32.6 Å². The highest BCUT2D eigenvalue weighted by molar-refractivity contribution is 7.92. The Labute approximate surface area is 281 Å². The van der Waals surface area contributed by atoms with Crippen molar-refractivity contribution in [3.63, 3.8) is 0 Å². The van der Waals surface area contributed by atoms with Gasteiger partial charge >= 0.3 is 0 Å². The van der Waals surface area contributed by atoms with E-state index in [1.165, 1.54) is 47.4 Å². The summed E-state index contributed by atoms with van der Waals surface area (Å²) in [7, 11) is -4.33. The first kappa shape index (κ1) is 35.4. The second kappa shape index (κ2) is 15.5. The highest BCUT2D eigenvalue weighted by Crippen LogP contribution is 2.28. The number of hydrogen-bond donors (Lipinski definition) is 1. The van der Waals surface area contributed by atoms with Crippen LogP contribution in [0.1, 0.15) is 38.8 Å². The number of hydrogen-bond acceptors (Lipinski definition) is 5. The number of sulfonamides is 1. The van der Waals surface area contributed by atoms with Crippen LogP contribution in [0.3, 0.4) is 0 Å². The van der Waals surface area contributed by atoms with E-state index in [-0.39, 0.29) is 29.1 Å². The number of carbonyl (C=O) groups is 2. The van der Waals surface area contributed by atoms with Crippen LogP contribution in [0.15, 0.2) is 108 Å². The van der Waals surface area contributed by atoms with Crippen LogP contribution in [0.2, 0.25) is 5.02 Å². The number of anilines is 1. The highest BCUT2D eigenvalue weighted by Gasteiger charge is 2.36. The number of amides is 2. The molecule has 1 N–H and O–H groups in total. The van der Waals surface area contributed by atoms with E-state index in [4.69, 9.17) is 16.3 Å². The quantitative estimate of drug-likeness (QED) is 0.171. The largest absolute Gasteiger partial charge is 0.494 e. The summed E-state index contributed by atoms with van der Waals surface area (Å²) in [5.74, 6) is -1.20. The fourth-order valence-corrected chi connectivity index (χ4v) is 6.49. The van der Waals surface area contributed by atoms with Gasteiger partial charge in [-0.1, -0.05) is 60.1 Å². The zero-order valence-corrected chi connectivity index (χ0v) is 28.4. The number of benzene rings is 4. The van der Waals surface area contributed by atoms with Crippen LogP contribution < -0.4 is 14.4 Å². The molecule has 0 heterocycles. The number of ether oxygens (including phenoxy) is 1. The summed E-state index contributed by atoms with van der Waals surface area (Å²) in [6, 6.07) is 25.9. The molecule has 4 rings (SSSR count). The Balaban J connectivity index is 1.82. The van der Waals surface area contributed by atoms with Crippen LogP contribution in [0.25, 0.3) is 0 Å². The Morgan fingerprint density at radius 2 is 1.51 bits per heavy atom. The standard InChI is InChI=1S/C36H39ClFN3O5S/c1-5-46-30-19-17-29(18-20-30)41(47(44,45)31-21-15-28(37)16-22-31)25-34(42)40(24-27-13-9-10-14-32(27)38)33(35(43)39-36(2,3)4)23-26-11-7-6-8-12-26/h6-22,33H,5,23-25H2,1-4H3,(H,39,43)/t33-/m1/s1. The Bertz CT molecular complexity index is 1760. The molecule has 0 aliphatic rings. The van der Waals surface area contributed by atoms with Gasteiger partial charge in [0.2, 0.25) is 11.8 Å². The zero-order valence-electron chi connectivity index (χ0n) is 26.8. The average molecular weight is 680 g/mol. The molecular formula is C36H39ClFN3O5S. The lowest BCUT2D eigenvalue weighted by atomic mass is 10.0. The second-order valence-corrected chi connectivity index (χ2v) is 14.2. The number of rotatable bonds is 13. The van der Waals surface area contributed by atoms with Crippen molar-refractivity contribution in [2.24, 2.45) is 0 Å². The van der Waals surface area contributed by atoms with Crippen LogP contribution in [0.4, 0.5) is 10.1 Å². The molecule has 2 amide bonds. The fourth-order valence-electron chi connectivity index (χ4n) is 4.95. The van der Waals surface area contributed by atoms with Gasteiger partial charge in [-0.3, -0.25) is 13.9 Å². The molecule has 0 bridgehead atoms. The van der Waals surface area contributed by atoms with Gasteiger partial charge in [0, 0.05) is 29.1 Å². The molecule has 0 aliphatic carbocycles. The molecule has 8 nitrogen and oxygen atoms in total. The van der Waals surface area contributed by atoms with Crippen molar-refractivity contribution in [1.29, 1.82) is 0 Å². The van der Waals surface area contributed by atoms with Gasteiger partial charge in [0.1, 0.15) is 24.2 Å². The number of nitrogens with one attached hydrogen (secondary N) is 1. The Kier molecular flexibility index (Phi) is 11.7. The minimum absolute atomic E-state index is 0.0875. The monoisotopic (exact) mass is 679 g/mol. The first-order chi connectivity index (χ1) is 22.3. The molecule has 0 fully saturated rings. The molecule has 4 aromatic rings. The summed E-state index contributed by atoms with van der Waals surface area (Å²) in [5, 5.41) is 3.30. The number of nitrogens with zero attached hydrogens (tertiary/aromatic N) is 2. The highest BCUT2D eigenvalue weighted by atomic mass is 35.5. The van der Waals surface area contributed by atoms with Gasteiger partial charge in [-0.05, 0) is 87.9 Å². The maximum atomic E-state index is 15.1. The summed E-state index contributed by atoms with van der Waals surface area (Å²) >= 11 is 6.05. The van der Waals surface area contributed by atoms with E-state index in [9.17, 15) is 18.0 Å². The van der Waals surface area contributed by atoms with Gasteiger partial charge in [-0.15, -0.1) is 0 Å². The summed E-state index contributed by atoms with van der Waals surface area (Å²) in [6.07, 6.45) is 0.107. The van der Waals surface area contributed by atoms with Gasteiger partial charge in [0.15, 0.2) is 0 Å². The molecule has 1 atom stereocenters. The lowest BCUT2D eigenvalue weighted by Gasteiger charge is -2.35. The molecule has 0 radical (unpaired) electrons. The molecular weight excluding hydrogens is 641 g/mol. The van der Waals surface area contributed by atoms with Crippen LogP contribution >= 0.6 is 11.6 Å². The van der Waals surface area contributed by atoms with E-state index in [1.54, 1.807) is 30.3 Å². The van der Waals surface area contributed by atoms with Gasteiger partial charge in [0.05, 0.1) is 17.2 Å². The van der Waals surface area contributed by atoms with Crippen molar-refractivity contribution in [1.82, 2.24) is 10.2 Å². The topological polar surface area (TPSA) is 96.0 Å². The van der Waals surface area contributed by atoms with Crippen molar-refractivity contribution in [3.05, 3.63) is 125 Å². The van der Waals surface area contributed by atoms with Gasteiger partial charge < -0.3 is 15.0 Å². The van der Waals surface area contributed by atoms with Crippen molar-refractivity contribution in [2.45, 2.75) is 57.1 Å². The predicted octanol–water partition coefficient (Wildman–Crippen LogP) is 6.63. The summed E-state index contributed by atoms with van der Waals surface area (Å²) in [4.78, 5) is 29.6. The number of carbonyl (C=O) groups excluding carboxylic acids is 2. The van der Waals surface area contributed by atoms with Gasteiger partial charge in [-0.25, -0.2) is 12.8 Å². The molecule has 11 heteroatoms. The van der Waals surface area contributed by atoms with Gasteiger partial charge in [-0.2, -0.15) is 0 Å². The average Bonchev–Trinajstić information content (AvgIpc) is 3.02. The zero-order chi connectivity index (χ0) is 34.2. The lowest BCUT2D eigenvalue weighted by Crippen LogP contribution is -2.56. The Morgan fingerprint density at radius 1 is 0.894 bits per heavy atom. The van der Waals surface area contributed by atoms with Crippen molar-refractivity contribution < 1.29 is 27.1 Å². The summed E-state index contributed by atoms with van der Waals surface area (Å²) in [6.45, 7) is 6.74. The normalized spacial score (nSPS) is 12.2. The fraction of sp³-hybridized carbons (Fsp3) is 0.278. The third kappa shape index (κ3) is 9.56. The van der Waals surface area contributed by atoms with Crippen LogP contribution in [0, 0.1) is 5.82 Å². The Morgan fingerprint density at radius 3 is 2.11 bits per heavy atom. The third-order valence-corrected chi connectivity index (χ3v) is 9.22. The van der Waals surface area contributed by atoms with Gasteiger partial charge in [0.25, 0.3) is 10.0 Å². The second-order valence-electron chi connectivity index (χ2n) is 12.0. The maximum absolute atomic E-state index is 15.1. The minimum atomic E-state index is -4.33. The van der Waals surface area contributed by atoms with Crippen LogP contribution in [-0.4, -0.2) is 49.9 Å². The van der Waals surface area contributed by atoms with Crippen LogP contribution in [0.5, 0.6) is 5.75 Å². The van der Waals surface area contributed by atoms with Crippen molar-refractivity contribution >= 4 is 39.1 Å². The smallest absolute Gasteiger partial charge is 0.264 e. The lowest BCUT2D eigenvalue weighted by molar-refractivity contribution is -0.140. The molecule has 0 unspecified atom stereocenters. The van der Waals surface area contributed by atoms with E-state index >= 15 is 4.39 Å². The SMILES string of the molecule is CCOc1ccc(N(CC(=O)N(Cc2ccccc2F)[C@H](Cc2ccccc2)C(=O)NC(C)(C)C)S(=O)(=O)c2ccc(Cl)cc2)cc1. The van der Waals surface area contributed by atoms with E-state index in [0.717, 1.165) is 9.87 Å². The summed E-state index contributed by atoms with van der Waals surface area (Å²) < 4.78 is 49.9. The minimum Gasteiger partial charge on any atom is -0.494 e. The van der Waals surface area contributed by atoms with Crippen molar-refractivity contribution in [3.8, 4) is 5.75 Å². The first-order valence-electron chi connectivity index (χ1n) is 15.2.